The van der Waals surface area contributed by atoms with E-state index in [1.54, 1.807) is 6.07 Å². The highest BCUT2D eigenvalue weighted by Crippen LogP contribution is 2.15. The summed E-state index contributed by atoms with van der Waals surface area (Å²) in [6.45, 7) is 4.39. The number of nitrogens with one attached hydrogen (secondary N) is 1. The Labute approximate surface area is 119 Å². The van der Waals surface area contributed by atoms with Crippen LogP contribution in [0.3, 0.4) is 0 Å². The van der Waals surface area contributed by atoms with Crippen LogP contribution in [0.2, 0.25) is 0 Å². The van der Waals surface area contributed by atoms with E-state index in [0.29, 0.717) is 18.2 Å². The summed E-state index contributed by atoms with van der Waals surface area (Å²) in [5.41, 5.74) is 4.69. The molecule has 1 aromatic carbocycles. The van der Waals surface area contributed by atoms with Crippen LogP contribution >= 0.6 is 0 Å². The molecule has 0 aliphatic heterocycles. The zero-order chi connectivity index (χ0) is 14.4. The number of hydrogen-bond acceptors (Lipinski definition) is 5. The Morgan fingerprint density at radius 1 is 1.20 bits per heavy atom. The lowest BCUT2D eigenvalue weighted by atomic mass is 10.1. The Balaban J connectivity index is 1.99. The fourth-order valence-electron chi connectivity index (χ4n) is 1.96. The van der Waals surface area contributed by atoms with Gasteiger partial charge in [0, 0.05) is 11.8 Å². The predicted octanol–water partition coefficient (Wildman–Crippen LogP) is 2.60. The van der Waals surface area contributed by atoms with Crippen molar-refractivity contribution in [2.75, 3.05) is 5.43 Å². The van der Waals surface area contributed by atoms with Gasteiger partial charge in [0.15, 0.2) is 5.82 Å². The number of hydrazine groups is 1. The zero-order valence-corrected chi connectivity index (χ0v) is 11.9. The first kappa shape index (κ1) is 14.3. The molecule has 0 atom stereocenters. The van der Waals surface area contributed by atoms with Crippen molar-refractivity contribution in [1.29, 1.82) is 0 Å². The maximum atomic E-state index is 5.69. The lowest BCUT2D eigenvalue weighted by Gasteiger charge is -2.08. The van der Waals surface area contributed by atoms with E-state index in [4.69, 9.17) is 10.6 Å². The minimum absolute atomic E-state index is 0.323. The summed E-state index contributed by atoms with van der Waals surface area (Å²) in [6.07, 6.45) is 2.24. The van der Waals surface area contributed by atoms with E-state index in [1.807, 2.05) is 19.1 Å². The van der Waals surface area contributed by atoms with Crippen LogP contribution in [0.5, 0.6) is 5.75 Å². The normalized spacial score (nSPS) is 10.3. The van der Waals surface area contributed by atoms with Gasteiger partial charge in [-0.25, -0.2) is 15.8 Å². The number of aromatic nitrogens is 2. The van der Waals surface area contributed by atoms with Crippen molar-refractivity contribution in [3.63, 3.8) is 0 Å². The molecule has 0 unspecified atom stereocenters. The maximum Gasteiger partial charge on any atom is 0.168 e. The van der Waals surface area contributed by atoms with Gasteiger partial charge in [-0.3, -0.25) is 0 Å². The Morgan fingerprint density at radius 3 is 2.60 bits per heavy atom. The molecule has 3 N–H and O–H groups in total. The molecule has 1 heterocycles. The molecule has 0 amide bonds. The van der Waals surface area contributed by atoms with Crippen molar-refractivity contribution >= 4 is 5.82 Å². The molecule has 2 aromatic rings. The summed E-state index contributed by atoms with van der Waals surface area (Å²) in [4.78, 5) is 8.55. The van der Waals surface area contributed by atoms with Crippen LogP contribution in [0.4, 0.5) is 5.82 Å². The number of nitrogens with zero attached hydrogens (tertiary/aromatic N) is 2. The van der Waals surface area contributed by atoms with Crippen LogP contribution in [0.1, 0.15) is 30.4 Å². The van der Waals surface area contributed by atoms with E-state index >= 15 is 0 Å². The second-order valence-corrected chi connectivity index (χ2v) is 4.64. The molecule has 0 aliphatic carbocycles. The summed E-state index contributed by atoms with van der Waals surface area (Å²) in [5.74, 6) is 7.37. The zero-order valence-electron chi connectivity index (χ0n) is 11.9. The van der Waals surface area contributed by atoms with Crippen LogP contribution in [-0.2, 0) is 13.0 Å². The summed E-state index contributed by atoms with van der Waals surface area (Å²) >= 11 is 0. The van der Waals surface area contributed by atoms with Gasteiger partial charge in [0.25, 0.3) is 0 Å². The molecule has 2 rings (SSSR count). The van der Waals surface area contributed by atoms with E-state index < -0.39 is 0 Å². The fraction of sp³-hybridized carbons (Fsp3) is 0.333. The third-order valence-corrected chi connectivity index (χ3v) is 2.88. The Morgan fingerprint density at radius 2 is 1.95 bits per heavy atom. The summed E-state index contributed by atoms with van der Waals surface area (Å²) in [5, 5.41) is 0. The van der Waals surface area contributed by atoms with Crippen molar-refractivity contribution in [2.24, 2.45) is 5.84 Å². The third kappa shape index (κ3) is 3.93. The third-order valence-electron chi connectivity index (χ3n) is 2.88. The van der Waals surface area contributed by atoms with Crippen molar-refractivity contribution in [1.82, 2.24) is 9.97 Å². The van der Waals surface area contributed by atoms with Crippen LogP contribution in [0.15, 0.2) is 30.3 Å². The Bertz CT molecular complexity index is 554. The highest BCUT2D eigenvalue weighted by molar-refractivity contribution is 5.34. The van der Waals surface area contributed by atoms with E-state index in [-0.39, 0.29) is 0 Å². The molecule has 0 spiro atoms. The molecule has 5 nitrogen and oxygen atoms in total. The first-order valence-electron chi connectivity index (χ1n) is 6.74. The van der Waals surface area contributed by atoms with Gasteiger partial charge >= 0.3 is 0 Å². The molecular formula is C15H20N4O. The van der Waals surface area contributed by atoms with Gasteiger partial charge < -0.3 is 10.2 Å². The number of nitrogen functional groups attached to an aromatic ring is 1. The van der Waals surface area contributed by atoms with Gasteiger partial charge in [0.05, 0.1) is 0 Å². The summed E-state index contributed by atoms with van der Waals surface area (Å²) in [6, 6.07) is 9.90. The minimum atomic E-state index is 0.323. The second-order valence-electron chi connectivity index (χ2n) is 4.64. The summed E-state index contributed by atoms with van der Waals surface area (Å²) < 4.78 is 5.69. The van der Waals surface area contributed by atoms with Crippen molar-refractivity contribution in [3.8, 4) is 5.75 Å². The quantitative estimate of drug-likeness (QED) is 0.624. The van der Waals surface area contributed by atoms with Gasteiger partial charge in [0.2, 0.25) is 0 Å². The highest BCUT2D eigenvalue weighted by atomic mass is 16.5. The molecule has 1 aromatic heterocycles. The van der Waals surface area contributed by atoms with Crippen LogP contribution in [0, 0.1) is 6.92 Å². The number of benzene rings is 1. The minimum Gasteiger partial charge on any atom is -0.486 e. The lowest BCUT2D eigenvalue weighted by Crippen LogP contribution is -2.12. The van der Waals surface area contributed by atoms with Crippen molar-refractivity contribution in [2.45, 2.75) is 33.3 Å². The van der Waals surface area contributed by atoms with E-state index in [0.717, 1.165) is 24.3 Å². The number of anilines is 1. The van der Waals surface area contributed by atoms with Crippen LogP contribution in [-0.4, -0.2) is 9.97 Å². The maximum absolute atomic E-state index is 5.69. The molecule has 0 fully saturated rings. The Hall–Kier alpha value is -2.14. The van der Waals surface area contributed by atoms with Gasteiger partial charge in [-0.15, -0.1) is 0 Å². The average molecular weight is 272 g/mol. The van der Waals surface area contributed by atoms with Gasteiger partial charge in [-0.2, -0.15) is 0 Å². The van der Waals surface area contributed by atoms with E-state index in [2.05, 4.69) is 34.5 Å². The molecule has 0 radical (unpaired) electrons. The second kappa shape index (κ2) is 6.86. The molecular weight excluding hydrogens is 252 g/mol. The average Bonchev–Trinajstić information content (AvgIpc) is 2.46. The number of rotatable bonds is 6. The fourth-order valence-corrected chi connectivity index (χ4v) is 1.96. The number of nitrogens with two attached hydrogens (primary N) is 1. The van der Waals surface area contributed by atoms with Gasteiger partial charge in [-0.05, 0) is 31.0 Å². The van der Waals surface area contributed by atoms with Crippen molar-refractivity contribution < 1.29 is 4.74 Å². The molecule has 0 aliphatic rings. The highest BCUT2D eigenvalue weighted by Gasteiger charge is 2.03. The van der Waals surface area contributed by atoms with Gasteiger partial charge in [0.1, 0.15) is 18.2 Å². The SMILES string of the molecule is CCCc1ccc(OCc2nc(C)cc(NN)n2)cc1. The van der Waals surface area contributed by atoms with E-state index in [1.165, 1.54) is 5.56 Å². The number of hydrogen-bond donors (Lipinski definition) is 2. The van der Waals surface area contributed by atoms with Crippen LogP contribution < -0.4 is 16.0 Å². The summed E-state index contributed by atoms with van der Waals surface area (Å²) in [7, 11) is 0. The van der Waals surface area contributed by atoms with E-state index in [9.17, 15) is 0 Å². The monoisotopic (exact) mass is 272 g/mol. The molecule has 0 saturated carbocycles. The number of ether oxygens (including phenoxy) is 1. The van der Waals surface area contributed by atoms with Crippen molar-refractivity contribution in [3.05, 3.63) is 47.4 Å². The first-order chi connectivity index (χ1) is 9.71. The lowest BCUT2D eigenvalue weighted by molar-refractivity contribution is 0.295. The molecule has 20 heavy (non-hydrogen) atoms. The largest absolute Gasteiger partial charge is 0.486 e. The predicted molar refractivity (Wildman–Crippen MR) is 79.3 cm³/mol. The Kier molecular flexibility index (Phi) is 4.90. The standard InChI is InChI=1S/C15H20N4O/c1-3-4-12-5-7-13(8-6-12)20-10-15-17-11(2)9-14(18-15)19-16/h5-9H,3-4,10,16H2,1-2H3,(H,17,18,19). The van der Waals surface area contributed by atoms with Crippen LogP contribution in [0.25, 0.3) is 0 Å². The first-order valence-corrected chi connectivity index (χ1v) is 6.74. The number of aryl methyl sites for hydroxylation is 2. The molecule has 106 valence electrons. The topological polar surface area (TPSA) is 73.1 Å². The molecule has 5 heteroatoms. The smallest absolute Gasteiger partial charge is 0.168 e. The van der Waals surface area contributed by atoms with Gasteiger partial charge in [-0.1, -0.05) is 25.5 Å². The molecule has 0 saturated heterocycles. The molecule has 0 bridgehead atoms.